The van der Waals surface area contributed by atoms with E-state index in [1.165, 1.54) is 74.3 Å². The molecule has 0 bridgehead atoms. The maximum absolute atomic E-state index is 5.15. The number of nitrogens with zero attached hydrogens (tertiary/aromatic N) is 3. The van der Waals surface area contributed by atoms with Crippen molar-refractivity contribution in [2.24, 2.45) is 0 Å². The fraction of sp³-hybridized carbons (Fsp3) is 0. The Morgan fingerprint density at radius 2 is 0.839 bits per heavy atom. The Morgan fingerprint density at radius 1 is 0.357 bits per heavy atom. The molecule has 0 N–H and O–H groups in total. The summed E-state index contributed by atoms with van der Waals surface area (Å²) in [5, 5.41) is 12.8. The van der Waals surface area contributed by atoms with Crippen molar-refractivity contribution in [2.75, 3.05) is 0 Å². The number of rotatable bonds is 4. The van der Waals surface area contributed by atoms with Crippen LogP contribution in [-0.2, 0) is 0 Å². The second kappa shape index (κ2) is 12.2. The third-order valence-corrected chi connectivity index (χ3v) is 12.6. The van der Waals surface area contributed by atoms with Crippen molar-refractivity contribution in [1.82, 2.24) is 14.5 Å². The lowest BCUT2D eigenvalue weighted by Gasteiger charge is -2.14. The lowest BCUT2D eigenvalue weighted by atomic mass is 9.94. The summed E-state index contributed by atoms with van der Waals surface area (Å²) in [7, 11) is 0. The van der Waals surface area contributed by atoms with Crippen molar-refractivity contribution >= 4 is 85.6 Å². The zero-order chi connectivity index (χ0) is 36.7. The van der Waals surface area contributed by atoms with Crippen molar-refractivity contribution in [2.45, 2.75) is 0 Å². The van der Waals surface area contributed by atoms with E-state index in [-0.39, 0.29) is 0 Å². The predicted molar refractivity (Wildman–Crippen MR) is 238 cm³/mol. The van der Waals surface area contributed by atoms with Gasteiger partial charge in [0.25, 0.3) is 0 Å². The van der Waals surface area contributed by atoms with Gasteiger partial charge in [0.15, 0.2) is 5.82 Å². The predicted octanol–water partition coefficient (Wildman–Crippen LogP) is 14.4. The zero-order valence-corrected chi connectivity index (χ0v) is 31.0. The Hall–Kier alpha value is -7.14. The molecule has 0 saturated heterocycles. The summed E-state index contributed by atoms with van der Waals surface area (Å²) in [6, 6.07) is 67.5. The van der Waals surface area contributed by atoms with Crippen LogP contribution in [0.15, 0.2) is 188 Å². The highest BCUT2D eigenvalue weighted by atomic mass is 32.1. The van der Waals surface area contributed by atoms with Crippen molar-refractivity contribution in [3.05, 3.63) is 188 Å². The number of aromatic nitrogens is 3. The Kier molecular flexibility index (Phi) is 6.80. The number of benzene rings is 9. The van der Waals surface area contributed by atoms with E-state index in [1.54, 1.807) is 0 Å². The molecular formula is C52H31N3S. The SMILES string of the molecule is c1ccc(-c2cc(-c3ccccc3)nc(-c3ccc(-n4c5c6ccccc6c6ccccc6c5c5c6c7ccccc7sc6c6ccccc6c54)cc3)n2)cc1. The van der Waals surface area contributed by atoms with Crippen LogP contribution in [0.2, 0.25) is 0 Å². The number of hydrogen-bond acceptors (Lipinski definition) is 3. The molecule has 0 saturated carbocycles. The summed E-state index contributed by atoms with van der Waals surface area (Å²) in [5.74, 6) is 0.701. The molecule has 3 aromatic heterocycles. The number of fused-ring (bicyclic) bond motifs is 15. The van der Waals surface area contributed by atoms with Crippen LogP contribution in [0, 0.1) is 0 Å². The molecular weight excluding hydrogens is 699 g/mol. The fourth-order valence-corrected chi connectivity index (χ4v) is 10.2. The Labute approximate surface area is 326 Å². The van der Waals surface area contributed by atoms with E-state index in [1.807, 2.05) is 23.5 Å². The molecule has 0 aliphatic carbocycles. The van der Waals surface area contributed by atoms with Gasteiger partial charge in [-0.2, -0.15) is 0 Å². The molecule has 0 radical (unpaired) electrons. The maximum atomic E-state index is 5.15. The van der Waals surface area contributed by atoms with Crippen LogP contribution in [0.5, 0.6) is 0 Å². The van der Waals surface area contributed by atoms with Crippen molar-refractivity contribution in [1.29, 1.82) is 0 Å². The van der Waals surface area contributed by atoms with Crippen LogP contribution in [-0.4, -0.2) is 14.5 Å². The van der Waals surface area contributed by atoms with Gasteiger partial charge >= 0.3 is 0 Å². The van der Waals surface area contributed by atoms with E-state index in [9.17, 15) is 0 Å². The van der Waals surface area contributed by atoms with E-state index in [0.29, 0.717) is 5.82 Å². The van der Waals surface area contributed by atoms with Crippen molar-refractivity contribution in [3.63, 3.8) is 0 Å². The molecule has 0 spiro atoms. The van der Waals surface area contributed by atoms with E-state index in [4.69, 9.17) is 9.97 Å². The first-order chi connectivity index (χ1) is 27.8. The highest BCUT2D eigenvalue weighted by Gasteiger charge is 2.25. The maximum Gasteiger partial charge on any atom is 0.160 e. The largest absolute Gasteiger partial charge is 0.308 e. The van der Waals surface area contributed by atoms with Gasteiger partial charge in [0.2, 0.25) is 0 Å². The quantitative estimate of drug-likeness (QED) is 0.169. The molecule has 0 amide bonds. The van der Waals surface area contributed by atoms with E-state index >= 15 is 0 Å². The van der Waals surface area contributed by atoms with Crippen LogP contribution in [0.1, 0.15) is 0 Å². The summed E-state index contributed by atoms with van der Waals surface area (Å²) in [4.78, 5) is 10.3. The van der Waals surface area contributed by atoms with Gasteiger partial charge in [0.1, 0.15) is 0 Å². The van der Waals surface area contributed by atoms with Crippen molar-refractivity contribution in [3.8, 4) is 39.6 Å². The smallest absolute Gasteiger partial charge is 0.160 e. The average Bonchev–Trinajstić information content (AvgIpc) is 3.85. The number of thiophene rings is 1. The fourth-order valence-electron chi connectivity index (χ4n) is 8.93. The van der Waals surface area contributed by atoms with Crippen molar-refractivity contribution < 1.29 is 0 Å². The molecule has 9 aromatic carbocycles. The highest BCUT2D eigenvalue weighted by Crippen LogP contribution is 2.51. The van der Waals surface area contributed by atoms with Gasteiger partial charge in [-0.05, 0) is 52.6 Å². The summed E-state index contributed by atoms with van der Waals surface area (Å²) in [6.45, 7) is 0. The summed E-state index contributed by atoms with van der Waals surface area (Å²) < 4.78 is 5.18. The third-order valence-electron chi connectivity index (χ3n) is 11.4. The van der Waals surface area contributed by atoms with E-state index in [0.717, 1.165) is 33.8 Å². The van der Waals surface area contributed by atoms with Gasteiger partial charge in [-0.1, -0.05) is 152 Å². The lowest BCUT2D eigenvalue weighted by Crippen LogP contribution is -1.98. The second-order valence-electron chi connectivity index (χ2n) is 14.5. The molecule has 3 nitrogen and oxygen atoms in total. The van der Waals surface area contributed by atoms with Crippen LogP contribution in [0.4, 0.5) is 0 Å². The van der Waals surface area contributed by atoms with Crippen LogP contribution in [0.25, 0.3) is 114 Å². The van der Waals surface area contributed by atoms with Crippen LogP contribution >= 0.6 is 11.3 Å². The minimum absolute atomic E-state index is 0.701. The summed E-state index contributed by atoms with van der Waals surface area (Å²) >= 11 is 1.90. The topological polar surface area (TPSA) is 30.7 Å². The Morgan fingerprint density at radius 3 is 1.48 bits per heavy atom. The first-order valence-electron chi connectivity index (χ1n) is 19.0. The minimum Gasteiger partial charge on any atom is -0.308 e. The normalized spacial score (nSPS) is 11.9. The second-order valence-corrected chi connectivity index (χ2v) is 15.5. The number of hydrogen-bond donors (Lipinski definition) is 0. The standard InChI is InChI=1S/C52H31N3S/c1-3-15-32(16-4-1)43-31-44(33-17-5-2-6-18-33)54-52(53-43)34-27-29-35(30-28-34)55-49-39-22-10-8-20-37(39)36-19-7-9-21-38(36)46(49)48-47-42-25-13-14-26-45(42)56-51(47)41-24-12-11-23-40(41)50(48)55/h1-31H. The molecule has 56 heavy (non-hydrogen) atoms. The molecule has 0 atom stereocenters. The molecule has 12 rings (SSSR count). The lowest BCUT2D eigenvalue weighted by molar-refractivity contribution is 1.17. The van der Waals surface area contributed by atoms with Crippen LogP contribution < -0.4 is 0 Å². The van der Waals surface area contributed by atoms with Gasteiger partial charge in [-0.3, -0.25) is 0 Å². The molecule has 0 fully saturated rings. The van der Waals surface area contributed by atoms with Gasteiger partial charge in [-0.25, -0.2) is 9.97 Å². The Balaban J connectivity index is 1.19. The van der Waals surface area contributed by atoms with E-state index in [2.05, 4.69) is 180 Å². The molecule has 0 aliphatic heterocycles. The average molecular weight is 730 g/mol. The molecule has 260 valence electrons. The van der Waals surface area contributed by atoms with Gasteiger partial charge in [-0.15, -0.1) is 11.3 Å². The molecule has 4 heteroatoms. The molecule has 12 aromatic rings. The molecule has 0 aliphatic rings. The third kappa shape index (κ3) is 4.57. The summed E-state index contributed by atoms with van der Waals surface area (Å²) in [6.07, 6.45) is 0. The first-order valence-corrected chi connectivity index (χ1v) is 19.8. The zero-order valence-electron chi connectivity index (χ0n) is 30.1. The summed E-state index contributed by atoms with van der Waals surface area (Å²) in [5.41, 5.74) is 8.45. The first kappa shape index (κ1) is 31.2. The van der Waals surface area contributed by atoms with Gasteiger partial charge in [0.05, 0.1) is 22.4 Å². The molecule has 3 heterocycles. The van der Waals surface area contributed by atoms with Gasteiger partial charge < -0.3 is 4.57 Å². The molecule has 0 unspecified atom stereocenters. The van der Waals surface area contributed by atoms with Crippen LogP contribution in [0.3, 0.4) is 0 Å². The highest BCUT2D eigenvalue weighted by molar-refractivity contribution is 7.27. The van der Waals surface area contributed by atoms with Gasteiger partial charge in [0, 0.05) is 69.5 Å². The Bertz CT molecular complexity index is 3450. The monoisotopic (exact) mass is 729 g/mol. The van der Waals surface area contributed by atoms with E-state index < -0.39 is 0 Å². The minimum atomic E-state index is 0.701.